The molecule has 0 bridgehead atoms. The van der Waals surface area contributed by atoms with E-state index in [0.717, 1.165) is 10.4 Å². The molecule has 0 saturated carbocycles. The van der Waals surface area contributed by atoms with Crippen LogP contribution in [0.5, 0.6) is 10.8 Å². The van der Waals surface area contributed by atoms with Gasteiger partial charge >= 0.3 is 6.16 Å². The molecular weight excluding hydrogens is 358 g/mol. The van der Waals surface area contributed by atoms with Gasteiger partial charge < -0.3 is 14.6 Å². The van der Waals surface area contributed by atoms with Crippen molar-refractivity contribution in [3.05, 3.63) is 75.7 Å². The van der Waals surface area contributed by atoms with Gasteiger partial charge in [0.15, 0.2) is 5.06 Å². The summed E-state index contributed by atoms with van der Waals surface area (Å²) in [5.41, 5.74) is 1.31. The molecule has 7 nitrogen and oxygen atoms in total. The highest BCUT2D eigenvalue weighted by atomic mass is 32.1. The molecule has 0 spiro atoms. The zero-order valence-electron chi connectivity index (χ0n) is 13.3. The molecule has 0 atom stereocenters. The second-order valence-electron chi connectivity index (χ2n) is 5.18. The number of nitrogens with zero attached hydrogens (tertiary/aromatic N) is 1. The van der Waals surface area contributed by atoms with Crippen molar-refractivity contribution in [2.24, 2.45) is 0 Å². The van der Waals surface area contributed by atoms with Crippen molar-refractivity contribution in [1.82, 2.24) is 0 Å². The SMILES string of the molecule is O=C(O)Oc1ccc(COc2ccc(-c3ccccc3[N+](=O)[O-])cc2)s1. The molecular formula is C18H13NO6S. The number of hydrogen-bond acceptors (Lipinski definition) is 6. The maximum Gasteiger partial charge on any atom is 0.512 e. The van der Waals surface area contributed by atoms with Crippen molar-refractivity contribution in [1.29, 1.82) is 0 Å². The summed E-state index contributed by atoms with van der Waals surface area (Å²) in [4.78, 5) is 22.0. The Morgan fingerprint density at radius 2 is 1.81 bits per heavy atom. The lowest BCUT2D eigenvalue weighted by Gasteiger charge is -2.07. The third-order valence-electron chi connectivity index (χ3n) is 3.47. The second-order valence-corrected chi connectivity index (χ2v) is 6.31. The van der Waals surface area contributed by atoms with E-state index in [4.69, 9.17) is 9.84 Å². The van der Waals surface area contributed by atoms with E-state index in [9.17, 15) is 14.9 Å². The highest BCUT2D eigenvalue weighted by Gasteiger charge is 2.14. The molecule has 132 valence electrons. The van der Waals surface area contributed by atoms with Crippen LogP contribution in [-0.4, -0.2) is 16.2 Å². The molecule has 1 N–H and O–H groups in total. The average Bonchev–Trinajstić information content (AvgIpc) is 3.07. The molecule has 1 heterocycles. The third kappa shape index (κ3) is 4.17. The topological polar surface area (TPSA) is 98.9 Å². The molecule has 0 aliphatic heterocycles. The van der Waals surface area contributed by atoms with Crippen LogP contribution < -0.4 is 9.47 Å². The quantitative estimate of drug-likeness (QED) is 0.373. The molecule has 3 aromatic rings. The molecule has 0 amide bonds. The highest BCUT2D eigenvalue weighted by Crippen LogP contribution is 2.31. The Labute approximate surface area is 152 Å². The molecule has 0 fully saturated rings. The summed E-state index contributed by atoms with van der Waals surface area (Å²) < 4.78 is 10.2. The first-order valence-corrected chi connectivity index (χ1v) is 8.31. The van der Waals surface area contributed by atoms with Gasteiger partial charge in [0.2, 0.25) is 0 Å². The summed E-state index contributed by atoms with van der Waals surface area (Å²) in [6.07, 6.45) is -1.36. The molecule has 0 aliphatic rings. The van der Waals surface area contributed by atoms with Crippen LogP contribution in [0.4, 0.5) is 10.5 Å². The van der Waals surface area contributed by atoms with Gasteiger partial charge in [0.1, 0.15) is 12.4 Å². The second kappa shape index (κ2) is 7.66. The summed E-state index contributed by atoms with van der Waals surface area (Å²) in [7, 11) is 0. The zero-order valence-corrected chi connectivity index (χ0v) is 14.1. The molecule has 0 saturated heterocycles. The molecule has 0 radical (unpaired) electrons. The summed E-state index contributed by atoms with van der Waals surface area (Å²) in [5.74, 6) is 0.599. The number of benzene rings is 2. The van der Waals surface area contributed by atoms with Gasteiger partial charge in [0, 0.05) is 10.9 Å². The fraction of sp³-hybridized carbons (Fsp3) is 0.0556. The van der Waals surface area contributed by atoms with Crippen molar-refractivity contribution in [2.75, 3.05) is 0 Å². The first kappa shape index (κ1) is 17.4. The van der Waals surface area contributed by atoms with Gasteiger partial charge in [-0.3, -0.25) is 10.1 Å². The summed E-state index contributed by atoms with van der Waals surface area (Å²) in [5, 5.41) is 20.0. The minimum Gasteiger partial charge on any atom is -0.488 e. The van der Waals surface area contributed by atoms with Crippen LogP contribution in [0, 0.1) is 10.1 Å². The van der Waals surface area contributed by atoms with E-state index >= 15 is 0 Å². The Morgan fingerprint density at radius 3 is 2.50 bits per heavy atom. The van der Waals surface area contributed by atoms with Crippen molar-refractivity contribution in [3.8, 4) is 21.9 Å². The van der Waals surface area contributed by atoms with Crippen molar-refractivity contribution >= 4 is 23.2 Å². The predicted octanol–water partition coefficient (Wildman–Crippen LogP) is 4.96. The normalized spacial score (nSPS) is 10.3. The lowest BCUT2D eigenvalue weighted by Crippen LogP contribution is -2.00. The maximum absolute atomic E-state index is 11.1. The molecule has 1 aromatic heterocycles. The third-order valence-corrected chi connectivity index (χ3v) is 4.41. The van der Waals surface area contributed by atoms with Crippen LogP contribution in [0.1, 0.15) is 4.88 Å². The average molecular weight is 371 g/mol. The number of carbonyl (C=O) groups is 1. The monoisotopic (exact) mass is 371 g/mol. The number of nitro groups is 1. The molecule has 8 heteroatoms. The van der Waals surface area contributed by atoms with Gasteiger partial charge in [-0.15, -0.1) is 0 Å². The maximum atomic E-state index is 11.1. The Kier molecular flexibility index (Phi) is 5.14. The van der Waals surface area contributed by atoms with E-state index in [1.54, 1.807) is 54.6 Å². The summed E-state index contributed by atoms with van der Waals surface area (Å²) in [6.45, 7) is 0.262. The van der Waals surface area contributed by atoms with Crippen LogP contribution in [0.3, 0.4) is 0 Å². The minimum absolute atomic E-state index is 0.0470. The largest absolute Gasteiger partial charge is 0.512 e. The summed E-state index contributed by atoms with van der Waals surface area (Å²) in [6, 6.07) is 16.8. The van der Waals surface area contributed by atoms with Crippen LogP contribution >= 0.6 is 11.3 Å². The Balaban J connectivity index is 1.68. The Bertz CT molecular complexity index is 935. The highest BCUT2D eigenvalue weighted by molar-refractivity contribution is 7.13. The number of nitro benzene ring substituents is 1. The van der Waals surface area contributed by atoms with E-state index < -0.39 is 11.1 Å². The number of carboxylic acid groups (broad SMARTS) is 1. The van der Waals surface area contributed by atoms with Gasteiger partial charge in [-0.2, -0.15) is 0 Å². The van der Waals surface area contributed by atoms with Crippen molar-refractivity contribution < 1.29 is 24.3 Å². The van der Waals surface area contributed by atoms with Gasteiger partial charge in [-0.25, -0.2) is 4.79 Å². The molecule has 0 unspecified atom stereocenters. The van der Waals surface area contributed by atoms with Crippen molar-refractivity contribution in [3.63, 3.8) is 0 Å². The van der Waals surface area contributed by atoms with Crippen LogP contribution in [0.2, 0.25) is 0 Å². The first-order chi connectivity index (χ1) is 12.5. The fourth-order valence-electron chi connectivity index (χ4n) is 2.34. The number of para-hydroxylation sites is 1. The van der Waals surface area contributed by atoms with Gasteiger partial charge in [-0.1, -0.05) is 35.6 Å². The number of rotatable bonds is 6. The smallest absolute Gasteiger partial charge is 0.488 e. The van der Waals surface area contributed by atoms with Crippen molar-refractivity contribution in [2.45, 2.75) is 6.61 Å². The van der Waals surface area contributed by atoms with E-state index in [1.165, 1.54) is 17.4 Å². The number of hydrogen-bond donors (Lipinski definition) is 1. The van der Waals surface area contributed by atoms with E-state index in [1.807, 2.05) is 0 Å². The zero-order chi connectivity index (χ0) is 18.5. The van der Waals surface area contributed by atoms with E-state index in [2.05, 4.69) is 4.74 Å². The Morgan fingerprint density at radius 1 is 1.08 bits per heavy atom. The molecule has 2 aromatic carbocycles. The molecule has 0 aliphatic carbocycles. The Hall–Kier alpha value is -3.39. The van der Waals surface area contributed by atoms with Gasteiger partial charge in [-0.05, 0) is 35.9 Å². The summed E-state index contributed by atoms with van der Waals surface area (Å²) >= 11 is 1.18. The molecule has 3 rings (SSSR count). The number of thiophene rings is 1. The van der Waals surface area contributed by atoms with Gasteiger partial charge in [0.25, 0.3) is 5.69 Å². The lowest BCUT2D eigenvalue weighted by molar-refractivity contribution is -0.384. The molecule has 26 heavy (non-hydrogen) atoms. The van der Waals surface area contributed by atoms with Crippen LogP contribution in [-0.2, 0) is 6.61 Å². The standard InChI is InChI=1S/C18H13NO6S/c20-18(21)25-17-10-9-14(26-17)11-24-13-7-5-12(6-8-13)15-3-1-2-4-16(15)19(22)23/h1-10H,11H2,(H,20,21). The fourth-order valence-corrected chi connectivity index (χ4v) is 3.10. The predicted molar refractivity (Wildman–Crippen MR) is 95.8 cm³/mol. The lowest BCUT2D eigenvalue weighted by atomic mass is 10.0. The van der Waals surface area contributed by atoms with Gasteiger partial charge in [0.05, 0.1) is 10.5 Å². The first-order valence-electron chi connectivity index (χ1n) is 7.49. The van der Waals surface area contributed by atoms with E-state index in [-0.39, 0.29) is 17.4 Å². The van der Waals surface area contributed by atoms with E-state index in [0.29, 0.717) is 11.3 Å². The minimum atomic E-state index is -1.36. The van der Waals surface area contributed by atoms with Crippen LogP contribution in [0.15, 0.2) is 60.7 Å². The van der Waals surface area contributed by atoms with Crippen LogP contribution in [0.25, 0.3) is 11.1 Å². The number of ether oxygens (including phenoxy) is 2.